The van der Waals surface area contributed by atoms with Crippen molar-refractivity contribution in [2.45, 2.75) is 19.0 Å². The second-order valence-electron chi connectivity index (χ2n) is 8.04. The summed E-state index contributed by atoms with van der Waals surface area (Å²) in [7, 11) is 1.56. The lowest BCUT2D eigenvalue weighted by Gasteiger charge is -2.17. The smallest absolute Gasteiger partial charge is 0.272 e. The summed E-state index contributed by atoms with van der Waals surface area (Å²) in [5.74, 6) is -0.675. The Morgan fingerprint density at radius 1 is 0.886 bits per heavy atom. The Hall–Kier alpha value is -3.23. The van der Waals surface area contributed by atoms with E-state index in [0.29, 0.717) is 13.0 Å². The topological polar surface area (TPSA) is 76.0 Å². The number of carbonyl (C=O) groups is 2. The molecule has 0 saturated heterocycles. The molecule has 0 aliphatic carbocycles. The summed E-state index contributed by atoms with van der Waals surface area (Å²) < 4.78 is 3.66. The molecule has 4 rings (SSSR count). The number of aromatic nitrogens is 2. The minimum absolute atomic E-state index is 0.249. The highest BCUT2D eigenvalue weighted by atomic mass is 79.9. The molecule has 4 aromatic rings. The molecule has 0 spiro atoms. The zero-order valence-electron chi connectivity index (χ0n) is 19.0. The third-order valence-corrected chi connectivity index (χ3v) is 6.49. The molecule has 0 aliphatic rings. The van der Waals surface area contributed by atoms with E-state index in [1.54, 1.807) is 13.1 Å². The molecule has 35 heavy (non-hydrogen) atoms. The average Bonchev–Trinajstić information content (AvgIpc) is 3.27. The number of nitrogens with zero attached hydrogens (tertiary/aromatic N) is 2. The summed E-state index contributed by atoms with van der Waals surface area (Å²) in [6.45, 7) is 0.507. The van der Waals surface area contributed by atoms with E-state index in [0.717, 1.165) is 31.3 Å². The molecule has 2 amide bonds. The number of likely N-dealkylation sites (N-methyl/N-ethyl adjacent to an activating group) is 1. The maximum atomic E-state index is 13.3. The van der Waals surface area contributed by atoms with Crippen LogP contribution in [0.25, 0.3) is 11.3 Å². The lowest BCUT2D eigenvalue weighted by Crippen LogP contribution is -2.47. The third-order valence-electron chi connectivity index (χ3n) is 5.51. The van der Waals surface area contributed by atoms with E-state index in [1.807, 2.05) is 83.5 Å². The van der Waals surface area contributed by atoms with Crippen LogP contribution in [0.5, 0.6) is 0 Å². The second kappa shape index (κ2) is 11.5. The summed E-state index contributed by atoms with van der Waals surface area (Å²) in [5, 5.41) is 10.1. The van der Waals surface area contributed by atoms with E-state index in [2.05, 4.69) is 47.6 Å². The van der Waals surface area contributed by atoms with Gasteiger partial charge in [-0.3, -0.25) is 14.3 Å². The quantitative estimate of drug-likeness (QED) is 0.294. The molecular formula is C27H24Br2N4O2. The summed E-state index contributed by atoms with van der Waals surface area (Å²) in [4.78, 5) is 25.8. The van der Waals surface area contributed by atoms with E-state index < -0.39 is 11.9 Å². The highest BCUT2D eigenvalue weighted by molar-refractivity contribution is 9.10. The Morgan fingerprint density at radius 3 is 2.26 bits per heavy atom. The van der Waals surface area contributed by atoms with Gasteiger partial charge in [-0.05, 0) is 41.5 Å². The lowest BCUT2D eigenvalue weighted by molar-refractivity contribution is -0.122. The number of hydrogen-bond acceptors (Lipinski definition) is 3. The number of carbonyl (C=O) groups excluding carboxylic acids is 2. The van der Waals surface area contributed by atoms with Gasteiger partial charge in [-0.25, -0.2) is 0 Å². The summed E-state index contributed by atoms with van der Waals surface area (Å²) in [6.07, 6.45) is 0.355. The van der Waals surface area contributed by atoms with Crippen molar-refractivity contribution in [1.82, 2.24) is 20.4 Å². The lowest BCUT2D eigenvalue weighted by atomic mass is 10.0. The monoisotopic (exact) mass is 594 g/mol. The van der Waals surface area contributed by atoms with Crippen molar-refractivity contribution in [3.63, 3.8) is 0 Å². The minimum Gasteiger partial charge on any atom is -0.357 e. The predicted octanol–water partition coefficient (Wildman–Crippen LogP) is 5.21. The van der Waals surface area contributed by atoms with Crippen molar-refractivity contribution < 1.29 is 9.59 Å². The number of hydrogen-bond donors (Lipinski definition) is 2. The van der Waals surface area contributed by atoms with Crippen LogP contribution in [0.15, 0.2) is 93.9 Å². The summed E-state index contributed by atoms with van der Waals surface area (Å²) in [6, 6.07) is 26.5. The van der Waals surface area contributed by atoms with Crippen LogP contribution >= 0.6 is 31.9 Å². The van der Waals surface area contributed by atoms with Crippen LogP contribution in [0.1, 0.15) is 21.6 Å². The second-order valence-corrected chi connectivity index (χ2v) is 9.87. The number of amides is 2. The van der Waals surface area contributed by atoms with Crippen molar-refractivity contribution >= 4 is 43.7 Å². The van der Waals surface area contributed by atoms with Gasteiger partial charge in [-0.15, -0.1) is 0 Å². The first-order chi connectivity index (χ1) is 16.9. The molecule has 0 bridgehead atoms. The molecule has 1 atom stereocenters. The highest BCUT2D eigenvalue weighted by Gasteiger charge is 2.24. The number of nitrogens with one attached hydrogen (secondary N) is 2. The van der Waals surface area contributed by atoms with Crippen LogP contribution in [-0.4, -0.2) is 34.7 Å². The normalized spacial score (nSPS) is 11.6. The molecule has 8 heteroatoms. The maximum absolute atomic E-state index is 13.3. The molecule has 3 aromatic carbocycles. The molecule has 1 heterocycles. The first-order valence-corrected chi connectivity index (χ1v) is 12.7. The standard InChI is InChI=1S/C27H24Br2N4O2/c1-30-26(34)23(14-19-9-5-11-21(28)13-19)31-27(35)24-16-25(20-10-6-12-22(29)15-20)33(32-24)17-18-7-3-2-4-8-18/h2-13,15-16,23H,14,17H2,1H3,(H,30,34)(H,31,35)/t23-/m0/s1. The maximum Gasteiger partial charge on any atom is 0.272 e. The van der Waals surface area contributed by atoms with Crippen molar-refractivity contribution in [2.75, 3.05) is 7.05 Å². The van der Waals surface area contributed by atoms with Crippen molar-refractivity contribution in [3.05, 3.63) is 111 Å². The van der Waals surface area contributed by atoms with Crippen molar-refractivity contribution in [1.29, 1.82) is 0 Å². The molecule has 0 saturated carbocycles. The Labute approximate surface area is 221 Å². The van der Waals surface area contributed by atoms with Gasteiger partial charge in [0.1, 0.15) is 6.04 Å². The van der Waals surface area contributed by atoms with Crippen LogP contribution in [0.4, 0.5) is 0 Å². The molecule has 0 aliphatic heterocycles. The van der Waals surface area contributed by atoms with E-state index in [-0.39, 0.29) is 11.6 Å². The van der Waals surface area contributed by atoms with Crippen LogP contribution < -0.4 is 10.6 Å². The molecule has 178 valence electrons. The number of benzene rings is 3. The first-order valence-electron chi connectivity index (χ1n) is 11.1. The molecule has 0 fully saturated rings. The van der Waals surface area contributed by atoms with Crippen LogP contribution in [0, 0.1) is 0 Å². The van der Waals surface area contributed by atoms with E-state index >= 15 is 0 Å². The van der Waals surface area contributed by atoms with E-state index in [1.165, 1.54) is 0 Å². The van der Waals surface area contributed by atoms with Gasteiger partial charge < -0.3 is 10.6 Å². The fourth-order valence-corrected chi connectivity index (χ4v) is 4.65. The Kier molecular flexibility index (Phi) is 8.15. The predicted molar refractivity (Wildman–Crippen MR) is 144 cm³/mol. The van der Waals surface area contributed by atoms with Gasteiger partial charge in [0, 0.05) is 28.0 Å². The van der Waals surface area contributed by atoms with E-state index in [4.69, 9.17) is 0 Å². The van der Waals surface area contributed by atoms with Gasteiger partial charge in [0.05, 0.1) is 12.2 Å². The van der Waals surface area contributed by atoms with E-state index in [9.17, 15) is 9.59 Å². The SMILES string of the molecule is CNC(=O)[C@H](Cc1cccc(Br)c1)NC(=O)c1cc(-c2cccc(Br)c2)n(Cc2ccccc2)n1. The third kappa shape index (κ3) is 6.46. The highest BCUT2D eigenvalue weighted by Crippen LogP contribution is 2.25. The number of rotatable bonds is 8. The fourth-order valence-electron chi connectivity index (χ4n) is 3.80. The van der Waals surface area contributed by atoms with Gasteiger partial charge in [-0.1, -0.05) is 86.5 Å². The van der Waals surface area contributed by atoms with Gasteiger partial charge in [-0.2, -0.15) is 5.10 Å². The Balaban J connectivity index is 1.63. The van der Waals surface area contributed by atoms with Crippen molar-refractivity contribution in [2.24, 2.45) is 0 Å². The largest absolute Gasteiger partial charge is 0.357 e. The van der Waals surface area contributed by atoms with Crippen LogP contribution in [0.3, 0.4) is 0 Å². The molecule has 0 unspecified atom stereocenters. The molecule has 0 radical (unpaired) electrons. The van der Waals surface area contributed by atoms with Gasteiger partial charge in [0.15, 0.2) is 5.69 Å². The average molecular weight is 596 g/mol. The molecule has 6 nitrogen and oxygen atoms in total. The molecular weight excluding hydrogens is 572 g/mol. The summed E-state index contributed by atoms with van der Waals surface area (Å²) >= 11 is 6.98. The minimum atomic E-state index is -0.740. The van der Waals surface area contributed by atoms with Gasteiger partial charge in [0.2, 0.25) is 5.91 Å². The summed E-state index contributed by atoms with van der Waals surface area (Å²) in [5.41, 5.74) is 3.98. The number of halogens is 2. The van der Waals surface area contributed by atoms with Gasteiger partial charge in [0.25, 0.3) is 5.91 Å². The zero-order valence-corrected chi connectivity index (χ0v) is 22.2. The molecule has 1 aromatic heterocycles. The first kappa shape index (κ1) is 24.9. The Morgan fingerprint density at radius 2 is 1.57 bits per heavy atom. The molecule has 2 N–H and O–H groups in total. The Bertz CT molecular complexity index is 1340. The van der Waals surface area contributed by atoms with Crippen LogP contribution in [0.2, 0.25) is 0 Å². The zero-order chi connectivity index (χ0) is 24.8. The van der Waals surface area contributed by atoms with Gasteiger partial charge >= 0.3 is 0 Å². The fraction of sp³-hybridized carbons (Fsp3) is 0.148. The van der Waals surface area contributed by atoms with Crippen LogP contribution in [-0.2, 0) is 17.8 Å². The van der Waals surface area contributed by atoms with Crippen molar-refractivity contribution in [3.8, 4) is 11.3 Å².